The summed E-state index contributed by atoms with van der Waals surface area (Å²) in [5.41, 5.74) is 0.679. The maximum atomic E-state index is 11.9. The van der Waals surface area contributed by atoms with Gasteiger partial charge in [-0.25, -0.2) is 0 Å². The highest BCUT2D eigenvalue weighted by atomic mass is 35.5. The third-order valence-electron chi connectivity index (χ3n) is 3.79. The molecule has 4 nitrogen and oxygen atoms in total. The molecule has 1 fully saturated rings. The van der Waals surface area contributed by atoms with Crippen LogP contribution in [0.15, 0.2) is 18.2 Å². The van der Waals surface area contributed by atoms with E-state index in [9.17, 15) is 9.59 Å². The number of carbonyl (C=O) groups is 2. The van der Waals surface area contributed by atoms with Crippen LogP contribution in [-0.2, 0) is 20.9 Å². The lowest BCUT2D eigenvalue weighted by Gasteiger charge is -2.20. The first-order chi connectivity index (χ1) is 10.6. The van der Waals surface area contributed by atoms with Crippen molar-refractivity contribution in [1.29, 1.82) is 0 Å². The molecule has 0 aliphatic heterocycles. The lowest BCUT2D eigenvalue weighted by Crippen LogP contribution is -2.36. The predicted octanol–water partition coefficient (Wildman–Crippen LogP) is 3.73. The van der Waals surface area contributed by atoms with Crippen LogP contribution in [0.25, 0.3) is 0 Å². The van der Waals surface area contributed by atoms with E-state index in [4.69, 9.17) is 27.9 Å². The molecule has 0 aromatic heterocycles. The van der Waals surface area contributed by atoms with E-state index in [2.05, 4.69) is 5.32 Å². The summed E-state index contributed by atoms with van der Waals surface area (Å²) in [6.07, 6.45) is 5.16. The maximum Gasteiger partial charge on any atom is 0.325 e. The van der Waals surface area contributed by atoms with E-state index in [1.165, 1.54) is 6.42 Å². The molecule has 1 aromatic carbocycles. The van der Waals surface area contributed by atoms with E-state index in [1.54, 1.807) is 18.2 Å². The minimum Gasteiger partial charge on any atom is -0.459 e. The number of benzene rings is 1. The number of hydrogen-bond donors (Lipinski definition) is 1. The second-order valence-electron chi connectivity index (χ2n) is 5.45. The van der Waals surface area contributed by atoms with Crippen molar-refractivity contribution in [2.45, 2.75) is 38.7 Å². The van der Waals surface area contributed by atoms with Crippen LogP contribution in [-0.4, -0.2) is 18.4 Å². The fourth-order valence-electron chi connectivity index (χ4n) is 2.52. The van der Waals surface area contributed by atoms with Gasteiger partial charge in [0.25, 0.3) is 0 Å². The highest BCUT2D eigenvalue weighted by molar-refractivity contribution is 6.35. The predicted molar refractivity (Wildman–Crippen MR) is 85.8 cm³/mol. The Balaban J connectivity index is 1.72. The van der Waals surface area contributed by atoms with Crippen LogP contribution < -0.4 is 5.32 Å². The van der Waals surface area contributed by atoms with Crippen molar-refractivity contribution in [2.24, 2.45) is 5.92 Å². The summed E-state index contributed by atoms with van der Waals surface area (Å²) in [7, 11) is 0. The smallest absolute Gasteiger partial charge is 0.325 e. The Morgan fingerprint density at radius 2 is 1.91 bits per heavy atom. The van der Waals surface area contributed by atoms with Crippen molar-refractivity contribution >= 4 is 35.1 Å². The molecule has 120 valence electrons. The molecule has 0 spiro atoms. The number of rotatable bonds is 5. The fraction of sp³-hybridized carbons (Fsp3) is 0.500. The Morgan fingerprint density at radius 1 is 1.18 bits per heavy atom. The topological polar surface area (TPSA) is 55.4 Å². The van der Waals surface area contributed by atoms with Gasteiger partial charge in [-0.3, -0.25) is 9.59 Å². The second kappa shape index (κ2) is 8.39. The zero-order valence-corrected chi connectivity index (χ0v) is 13.8. The van der Waals surface area contributed by atoms with E-state index in [0.717, 1.165) is 25.7 Å². The van der Waals surface area contributed by atoms with Gasteiger partial charge in [-0.2, -0.15) is 0 Å². The van der Waals surface area contributed by atoms with Gasteiger partial charge < -0.3 is 10.1 Å². The van der Waals surface area contributed by atoms with Gasteiger partial charge in [0.2, 0.25) is 5.91 Å². The third-order valence-corrected chi connectivity index (χ3v) is 4.37. The van der Waals surface area contributed by atoms with Gasteiger partial charge in [0.05, 0.1) is 0 Å². The first kappa shape index (κ1) is 17.1. The second-order valence-corrected chi connectivity index (χ2v) is 6.29. The Kier molecular flexibility index (Phi) is 6.52. The minimum absolute atomic E-state index is 0.0345. The zero-order valence-electron chi connectivity index (χ0n) is 12.2. The Morgan fingerprint density at radius 3 is 2.59 bits per heavy atom. The van der Waals surface area contributed by atoms with Crippen molar-refractivity contribution in [2.75, 3.05) is 6.54 Å². The lowest BCUT2D eigenvalue weighted by atomic mass is 9.89. The van der Waals surface area contributed by atoms with Gasteiger partial charge in [-0.05, 0) is 25.0 Å². The fourth-order valence-corrected chi connectivity index (χ4v) is 2.98. The molecule has 0 radical (unpaired) electrons. The number of hydrogen-bond acceptors (Lipinski definition) is 3. The first-order valence-electron chi connectivity index (χ1n) is 7.43. The van der Waals surface area contributed by atoms with Crippen LogP contribution in [0, 0.1) is 5.92 Å². The summed E-state index contributed by atoms with van der Waals surface area (Å²) in [6.45, 7) is -0.0469. The molecule has 0 bridgehead atoms. The van der Waals surface area contributed by atoms with E-state index < -0.39 is 5.97 Å². The van der Waals surface area contributed by atoms with Gasteiger partial charge in [0.1, 0.15) is 13.2 Å². The Labute approximate surface area is 140 Å². The van der Waals surface area contributed by atoms with Crippen molar-refractivity contribution in [1.82, 2.24) is 5.32 Å². The summed E-state index contributed by atoms with van der Waals surface area (Å²) in [5.74, 6) is -0.497. The molecule has 1 amide bonds. The largest absolute Gasteiger partial charge is 0.459 e. The van der Waals surface area contributed by atoms with Crippen LogP contribution >= 0.6 is 23.2 Å². The number of halogens is 2. The van der Waals surface area contributed by atoms with E-state index in [-0.39, 0.29) is 25.0 Å². The lowest BCUT2D eigenvalue weighted by molar-refractivity contribution is -0.145. The molecule has 22 heavy (non-hydrogen) atoms. The van der Waals surface area contributed by atoms with Crippen LogP contribution in [0.2, 0.25) is 10.0 Å². The molecule has 2 rings (SSSR count). The Hall–Kier alpha value is -1.26. The number of esters is 1. The summed E-state index contributed by atoms with van der Waals surface area (Å²) in [6, 6.07) is 4.98. The van der Waals surface area contributed by atoms with E-state index in [0.29, 0.717) is 15.6 Å². The van der Waals surface area contributed by atoms with Gasteiger partial charge in [0, 0.05) is 21.5 Å². The molecule has 1 aliphatic rings. The molecule has 0 saturated heterocycles. The van der Waals surface area contributed by atoms with Gasteiger partial charge in [0.15, 0.2) is 0 Å². The van der Waals surface area contributed by atoms with E-state index in [1.807, 2.05) is 0 Å². The molecule has 0 unspecified atom stereocenters. The molecule has 1 N–H and O–H groups in total. The van der Waals surface area contributed by atoms with Crippen LogP contribution in [0.1, 0.15) is 37.7 Å². The SMILES string of the molecule is O=C(CNC(=O)C1CCCCC1)OCc1ccc(Cl)cc1Cl. The average Bonchev–Trinajstić information content (AvgIpc) is 2.52. The normalized spacial score (nSPS) is 15.4. The summed E-state index contributed by atoms with van der Waals surface area (Å²) in [4.78, 5) is 23.6. The van der Waals surface area contributed by atoms with Crippen molar-refractivity contribution in [3.63, 3.8) is 0 Å². The Bertz CT molecular complexity index is 542. The average molecular weight is 344 g/mol. The van der Waals surface area contributed by atoms with Crippen LogP contribution in [0.5, 0.6) is 0 Å². The number of amides is 1. The number of carbonyl (C=O) groups excluding carboxylic acids is 2. The molecule has 0 heterocycles. The van der Waals surface area contributed by atoms with Gasteiger partial charge >= 0.3 is 5.97 Å². The van der Waals surface area contributed by atoms with Gasteiger partial charge in [-0.15, -0.1) is 0 Å². The quantitative estimate of drug-likeness (QED) is 0.828. The molecule has 6 heteroatoms. The molecular weight excluding hydrogens is 325 g/mol. The highest BCUT2D eigenvalue weighted by Gasteiger charge is 2.21. The molecular formula is C16H19Cl2NO3. The molecule has 1 aliphatic carbocycles. The van der Waals surface area contributed by atoms with Crippen molar-refractivity contribution in [3.8, 4) is 0 Å². The van der Waals surface area contributed by atoms with Crippen molar-refractivity contribution < 1.29 is 14.3 Å². The summed E-state index contributed by atoms with van der Waals surface area (Å²) in [5, 5.41) is 3.62. The summed E-state index contributed by atoms with van der Waals surface area (Å²) >= 11 is 11.8. The van der Waals surface area contributed by atoms with Gasteiger partial charge in [-0.1, -0.05) is 48.5 Å². The molecule has 1 aromatic rings. The van der Waals surface area contributed by atoms with Crippen LogP contribution in [0.3, 0.4) is 0 Å². The standard InChI is InChI=1S/C16H19Cl2NO3/c17-13-7-6-12(14(18)8-13)10-22-15(20)9-19-16(21)11-4-2-1-3-5-11/h6-8,11H,1-5,9-10H2,(H,19,21). The molecule has 1 saturated carbocycles. The monoisotopic (exact) mass is 343 g/mol. The van der Waals surface area contributed by atoms with Crippen LogP contribution in [0.4, 0.5) is 0 Å². The number of nitrogens with one attached hydrogen (secondary N) is 1. The maximum absolute atomic E-state index is 11.9. The minimum atomic E-state index is -0.477. The third kappa shape index (κ3) is 5.18. The first-order valence-corrected chi connectivity index (χ1v) is 8.19. The zero-order chi connectivity index (χ0) is 15.9. The van der Waals surface area contributed by atoms with Crippen molar-refractivity contribution in [3.05, 3.63) is 33.8 Å². The highest BCUT2D eigenvalue weighted by Crippen LogP contribution is 2.23. The van der Waals surface area contributed by atoms with E-state index >= 15 is 0 Å². The number of ether oxygens (including phenoxy) is 1. The summed E-state index contributed by atoms with van der Waals surface area (Å²) < 4.78 is 5.11. The molecule has 0 atom stereocenters.